The van der Waals surface area contributed by atoms with Crippen molar-refractivity contribution in [3.05, 3.63) is 395 Å². The topological polar surface area (TPSA) is 232 Å². The molecule has 18 aromatic rings. The summed E-state index contributed by atoms with van der Waals surface area (Å²) in [6.45, 7) is 54.0. The lowest BCUT2D eigenvalue weighted by Gasteiger charge is -2.24. The molecule has 750 valence electrons. The number of hydrogen-bond donors (Lipinski definition) is 0. The highest BCUT2D eigenvalue weighted by Gasteiger charge is 2.28. The fraction of sp³-hybridized carbons (Fsp3) is 0.302. The van der Waals surface area contributed by atoms with Gasteiger partial charge < -0.3 is 0 Å². The number of nitrogens with zero attached hydrogens (tertiary/aromatic N) is 18. The summed E-state index contributed by atoms with van der Waals surface area (Å²) in [5.41, 5.74) is 16.6. The largest absolute Gasteiger partial charge is 0.213 e. The third kappa shape index (κ3) is 30.0. The minimum atomic E-state index is -2.21. The van der Waals surface area contributed by atoms with Gasteiger partial charge in [-0.15, -0.1) is 0 Å². The first-order valence-electron chi connectivity index (χ1n) is 57.2. The molecule has 0 amide bonds. The van der Waals surface area contributed by atoms with Crippen molar-refractivity contribution in [3.63, 3.8) is 0 Å². The van der Waals surface area contributed by atoms with Gasteiger partial charge in [0.15, 0.2) is 69.9 Å². The second-order valence-corrected chi connectivity index (χ2v) is 42.1. The molecule has 0 aliphatic heterocycles. The third-order valence-corrected chi connectivity index (χ3v) is 23.6. The molecule has 0 radical (unpaired) electrons. The van der Waals surface area contributed by atoms with E-state index in [2.05, 4.69) is 327 Å². The van der Waals surface area contributed by atoms with Crippen LogP contribution in [0.4, 0.5) is 0 Å². The van der Waals surface area contributed by atoms with Crippen molar-refractivity contribution in [2.45, 2.75) is 257 Å². The van der Waals surface area contributed by atoms with Gasteiger partial charge in [0.25, 0.3) is 0 Å². The average molecular weight is 1960 g/mol. The highest BCUT2D eigenvalue weighted by molar-refractivity contribution is 5.71. The lowest BCUT2D eigenvalue weighted by Crippen LogP contribution is -2.15. The Kier molecular flexibility index (Phi) is 30.2. The van der Waals surface area contributed by atoms with Crippen LogP contribution in [0, 0.1) is 20.7 Å². The van der Waals surface area contributed by atoms with E-state index in [0.29, 0.717) is 34.2 Å². The molecule has 0 saturated heterocycles. The smallest absolute Gasteiger partial charge is 0.164 e. The normalized spacial score (nSPS) is 13.1. The quantitative estimate of drug-likeness (QED) is 0.0732. The molecule has 18 nitrogen and oxygen atoms in total. The second kappa shape index (κ2) is 49.1. The summed E-state index contributed by atoms with van der Waals surface area (Å²) in [5, 5.41) is 0. The van der Waals surface area contributed by atoms with Crippen molar-refractivity contribution in [2.24, 2.45) is 0 Å². The van der Waals surface area contributed by atoms with Crippen LogP contribution in [0.1, 0.15) is 307 Å². The van der Waals surface area contributed by atoms with Crippen LogP contribution in [0.2, 0.25) is 0 Å². The Balaban J connectivity index is 0.000000160. The predicted octanol–water partition coefficient (Wildman–Crippen LogP) is 32.7. The molecule has 0 N–H and O–H groups in total. The number of benzene rings is 12. The van der Waals surface area contributed by atoms with Crippen molar-refractivity contribution in [2.75, 3.05) is 0 Å². The average Bonchev–Trinajstić information content (AvgIpc) is 0.752. The first-order valence-corrected chi connectivity index (χ1v) is 50.2. The van der Waals surface area contributed by atoms with E-state index >= 15 is 0 Å². The van der Waals surface area contributed by atoms with Gasteiger partial charge >= 0.3 is 0 Å². The third-order valence-electron chi connectivity index (χ3n) is 23.6. The first kappa shape index (κ1) is 90.5. The highest BCUT2D eigenvalue weighted by Crippen LogP contribution is 2.39. The van der Waals surface area contributed by atoms with Crippen LogP contribution in [0.25, 0.3) is 137 Å². The second-order valence-electron chi connectivity index (χ2n) is 42.1. The molecule has 0 aliphatic carbocycles. The Morgan fingerprint density at radius 2 is 0.490 bits per heavy atom. The van der Waals surface area contributed by atoms with E-state index in [1.807, 2.05) is 111 Å². The number of hydrogen-bond acceptors (Lipinski definition) is 18. The molecule has 6 aromatic heterocycles. The molecule has 6 heterocycles. The van der Waals surface area contributed by atoms with Crippen LogP contribution >= 0.6 is 0 Å². The van der Waals surface area contributed by atoms with Gasteiger partial charge in [-0.25, -0.2) is 89.7 Å². The molecular formula is C129H144N18. The van der Waals surface area contributed by atoms with Crippen molar-refractivity contribution >= 4 is 0 Å². The molecule has 0 spiro atoms. The van der Waals surface area contributed by atoms with Crippen molar-refractivity contribution < 1.29 is 19.2 Å². The minimum absolute atomic E-state index is 0.00466. The van der Waals surface area contributed by atoms with E-state index in [4.69, 9.17) is 49.1 Å². The van der Waals surface area contributed by atoms with Crippen LogP contribution in [-0.2, 0) is 28.0 Å². The van der Waals surface area contributed by atoms with Gasteiger partial charge in [0.2, 0.25) is 0 Å². The van der Waals surface area contributed by atoms with E-state index in [0.717, 1.165) is 114 Å². The Labute approximate surface area is 892 Å². The number of rotatable bonds is 19. The summed E-state index contributed by atoms with van der Waals surface area (Å²) < 4.78 is 112. The van der Waals surface area contributed by atoms with Crippen molar-refractivity contribution in [1.29, 1.82) is 0 Å². The molecule has 0 saturated carbocycles. The predicted molar refractivity (Wildman–Crippen MR) is 607 cm³/mol. The molecule has 12 aromatic carbocycles. The van der Waals surface area contributed by atoms with Crippen molar-refractivity contribution in [3.8, 4) is 137 Å². The fourth-order valence-electron chi connectivity index (χ4n) is 15.1. The summed E-state index contributed by atoms with van der Waals surface area (Å²) in [5.74, 6) is 11.3. The molecule has 0 bridgehead atoms. The lowest BCUT2D eigenvalue weighted by molar-refractivity contribution is 0.590. The summed E-state index contributed by atoms with van der Waals surface area (Å²) in [4.78, 5) is 83.5. The van der Waals surface area contributed by atoms with Gasteiger partial charge in [-0.3, -0.25) is 0 Å². The summed E-state index contributed by atoms with van der Waals surface area (Å²) in [6.07, 6.45) is -1.49. The van der Waals surface area contributed by atoms with Crippen LogP contribution in [0.3, 0.4) is 0 Å². The summed E-state index contributed by atoms with van der Waals surface area (Å²) in [7, 11) is 0. The highest BCUT2D eigenvalue weighted by atomic mass is 15.1. The van der Waals surface area contributed by atoms with E-state index < -0.39 is 43.4 Å². The van der Waals surface area contributed by atoms with Gasteiger partial charge in [0, 0.05) is 109 Å². The van der Waals surface area contributed by atoms with E-state index in [-0.39, 0.29) is 121 Å². The lowest BCUT2D eigenvalue weighted by atomic mass is 9.83. The van der Waals surface area contributed by atoms with Crippen molar-refractivity contribution in [1.82, 2.24) is 89.7 Å². The van der Waals surface area contributed by atoms with E-state index in [1.165, 1.54) is 41.7 Å². The van der Waals surface area contributed by atoms with Crippen LogP contribution in [0.15, 0.2) is 315 Å². The Morgan fingerprint density at radius 3 is 0.810 bits per heavy atom. The molecule has 18 rings (SSSR count). The van der Waals surface area contributed by atoms with Gasteiger partial charge in [-0.1, -0.05) is 481 Å². The zero-order chi connectivity index (χ0) is 118. The molecule has 0 fully saturated rings. The van der Waals surface area contributed by atoms with E-state index in [1.54, 1.807) is 56.3 Å². The van der Waals surface area contributed by atoms with Gasteiger partial charge in [0.1, 0.15) is 34.9 Å². The van der Waals surface area contributed by atoms with Crippen LogP contribution in [0.5, 0.6) is 0 Å². The standard InChI is InChI=1S/2C26H33N3.C21H23N3.2C19H19N3.C18H17N3/c1-17(2)22-27-23(18-11-9-13-20(15-18)25(3,4)5)29-24(28-22)19-12-10-14-21(16-19)26(6,7)8;1-17(2)22-27-23(18-13-9-11-15-20(18)25(3,4)5)29-24(28-22)19-14-10-12-16-21(19)26(6,7)8;1-5-16-9-7-11-18(13-16)21-23-19(14(2)3)22-20(24-21)17-10-6-8-15(4)12-17;2*1-13(2)17-20-18(15-7-5-4-6-8-15)22-19(21-17)16-11-9-14(3)10-12-16;1-13(2)16-19-17(14-9-5-3-6-10-14)21-18(20-16)15-11-7-4-8-12-15/h2*9-17H,1-8H3;6-14H,5H2,1-4H3;2*4-13H,1-3H3;3-13H,1-2H3/i;;4D3,5D2;4D,5D,6D,7D,8D,9D,10D,11D,12D;;. The van der Waals surface area contributed by atoms with Gasteiger partial charge in [0.05, 0.1) is 12.3 Å². The zero-order valence-corrected chi connectivity index (χ0v) is 89.8. The molecule has 147 heavy (non-hydrogen) atoms. The molecule has 0 unspecified atom stereocenters. The first-order chi connectivity index (χ1) is 75.6. The molecule has 0 atom stereocenters. The minimum Gasteiger partial charge on any atom is -0.213 e. The maximum Gasteiger partial charge on any atom is 0.164 e. The van der Waals surface area contributed by atoms with Crippen LogP contribution in [-0.4, -0.2) is 89.7 Å². The summed E-state index contributed by atoms with van der Waals surface area (Å²) >= 11 is 0. The Hall–Kier alpha value is -15.3. The summed E-state index contributed by atoms with van der Waals surface area (Å²) in [6, 6.07) is 82.4. The SMILES string of the molecule is CC(C)c1nc(-c2cccc(C(C)(C)C)c2)nc(-c2cccc(C(C)(C)C)c2)n1.CC(C)c1nc(-c2ccccc2)nc(-c2ccccc2)n1.CC(C)c1nc(-c2ccccc2C(C)(C)C)nc(-c2ccccc2C(C)(C)C)n1.Cc1ccc(-c2nc(-c3ccccc3)nc(C(C)C)n2)cc1.[2H]C([2H])([2H])c1cccc(-c2nc(-c3cccc(C([2H])([2H])C)c3)nc(C(C)C)n2)c1.[2H]c1c([2H])c([2H])c(-c2nc(-c3c([2H])c([2H])c(C)c([2H])c3[2H])nc(C(C)C)n2)c([2H])c1[2H]. The Bertz CT molecular complexity index is 7630. The Morgan fingerprint density at radius 1 is 0.224 bits per heavy atom. The number of aryl methyl sites for hydroxylation is 3. The maximum absolute atomic E-state index is 8.29. The van der Waals surface area contributed by atoms with Gasteiger partial charge in [-0.2, -0.15) is 0 Å². The zero-order valence-electron chi connectivity index (χ0n) is 104. The van der Waals surface area contributed by atoms with E-state index in [9.17, 15) is 0 Å². The monoisotopic (exact) mass is 1960 g/mol. The van der Waals surface area contributed by atoms with Crippen LogP contribution < -0.4 is 0 Å². The fourth-order valence-corrected chi connectivity index (χ4v) is 15.1. The maximum atomic E-state index is 8.29. The van der Waals surface area contributed by atoms with Gasteiger partial charge in [-0.05, 0) is 101 Å². The molecular weight excluding hydrogens is 1800 g/mol. The molecule has 18 heteroatoms. The molecule has 0 aliphatic rings. The number of aromatic nitrogens is 18.